The third-order valence-corrected chi connectivity index (χ3v) is 2.92. The zero-order valence-electron chi connectivity index (χ0n) is 10.5. The molecule has 0 aliphatic carbocycles. The predicted octanol–water partition coefficient (Wildman–Crippen LogP) is 0.616. The maximum atomic E-state index is 11.9. The molecule has 0 saturated carbocycles. The van der Waals surface area contributed by atoms with Crippen molar-refractivity contribution in [3.8, 4) is 0 Å². The van der Waals surface area contributed by atoms with Crippen molar-refractivity contribution in [2.24, 2.45) is 0 Å². The van der Waals surface area contributed by atoms with Gasteiger partial charge in [0.1, 0.15) is 6.04 Å². The van der Waals surface area contributed by atoms with Crippen molar-refractivity contribution in [2.75, 3.05) is 0 Å². The molecule has 0 unspecified atom stereocenters. The topological polar surface area (TPSA) is 66.5 Å². The van der Waals surface area contributed by atoms with Gasteiger partial charge in [-0.05, 0) is 12.5 Å². The van der Waals surface area contributed by atoms with Gasteiger partial charge in [0.2, 0.25) is 5.91 Å². The number of nitrogens with zero attached hydrogens (tertiary/aromatic N) is 1. The largest absolute Gasteiger partial charge is 0.350 e. The smallest absolute Gasteiger partial charge is 0.254 e. The molecular formula is C14H14N2O3. The molecule has 2 rings (SSSR count). The number of benzene rings is 1. The highest BCUT2D eigenvalue weighted by atomic mass is 16.2. The summed E-state index contributed by atoms with van der Waals surface area (Å²) in [4.78, 5) is 35.7. The lowest BCUT2D eigenvalue weighted by atomic mass is 10.2. The monoisotopic (exact) mass is 258 g/mol. The van der Waals surface area contributed by atoms with Crippen molar-refractivity contribution in [3.63, 3.8) is 0 Å². The van der Waals surface area contributed by atoms with E-state index in [0.717, 1.165) is 10.5 Å². The molecule has 1 N–H and O–H groups in total. The fourth-order valence-corrected chi connectivity index (χ4v) is 1.84. The predicted molar refractivity (Wildman–Crippen MR) is 68.7 cm³/mol. The Bertz CT molecular complexity index is 519. The van der Waals surface area contributed by atoms with Gasteiger partial charge in [0.05, 0.1) is 0 Å². The number of carbonyl (C=O) groups is 3. The fraction of sp³-hybridized carbons (Fsp3) is 0.214. The van der Waals surface area contributed by atoms with Crippen molar-refractivity contribution in [1.29, 1.82) is 0 Å². The number of amides is 3. The highest BCUT2D eigenvalue weighted by Crippen LogP contribution is 2.09. The van der Waals surface area contributed by atoms with Crippen molar-refractivity contribution < 1.29 is 14.4 Å². The van der Waals surface area contributed by atoms with E-state index in [9.17, 15) is 14.4 Å². The minimum absolute atomic E-state index is 0.353. The molecule has 1 heterocycles. The third-order valence-electron chi connectivity index (χ3n) is 2.92. The average molecular weight is 258 g/mol. The second-order valence-corrected chi connectivity index (χ2v) is 4.26. The van der Waals surface area contributed by atoms with Crippen LogP contribution in [-0.2, 0) is 20.9 Å². The first-order chi connectivity index (χ1) is 9.09. The molecule has 1 aliphatic rings. The van der Waals surface area contributed by atoms with E-state index in [1.807, 2.05) is 30.3 Å². The first-order valence-corrected chi connectivity index (χ1v) is 5.96. The first kappa shape index (κ1) is 13.0. The van der Waals surface area contributed by atoms with Gasteiger partial charge in [-0.25, -0.2) is 0 Å². The Kier molecular flexibility index (Phi) is 3.75. The first-order valence-electron chi connectivity index (χ1n) is 5.96. The maximum Gasteiger partial charge on any atom is 0.254 e. The van der Waals surface area contributed by atoms with E-state index in [1.165, 1.54) is 19.1 Å². The van der Waals surface area contributed by atoms with Crippen molar-refractivity contribution in [1.82, 2.24) is 10.2 Å². The van der Waals surface area contributed by atoms with E-state index in [0.29, 0.717) is 6.54 Å². The number of carbonyl (C=O) groups excluding carboxylic acids is 3. The summed E-state index contributed by atoms with van der Waals surface area (Å²) < 4.78 is 0. The molecule has 1 aromatic rings. The van der Waals surface area contributed by atoms with Gasteiger partial charge in [-0.2, -0.15) is 0 Å². The molecule has 1 aromatic carbocycles. The standard InChI is InChI=1S/C14H14N2O3/c1-10(16-12(17)7-8-13(16)18)14(19)15-9-11-5-3-2-4-6-11/h2-8,10H,9H2,1H3,(H,15,19)/t10-/m1/s1. The molecule has 5 nitrogen and oxygen atoms in total. The van der Waals surface area contributed by atoms with E-state index >= 15 is 0 Å². The summed E-state index contributed by atoms with van der Waals surface area (Å²) in [5, 5.41) is 2.70. The zero-order chi connectivity index (χ0) is 13.8. The lowest BCUT2D eigenvalue weighted by molar-refractivity contribution is -0.144. The Hall–Kier alpha value is -2.43. The Balaban J connectivity index is 1.93. The van der Waals surface area contributed by atoms with Gasteiger partial charge in [-0.1, -0.05) is 30.3 Å². The number of rotatable bonds is 4. The Morgan fingerprint density at radius 2 is 1.74 bits per heavy atom. The number of hydrogen-bond donors (Lipinski definition) is 1. The van der Waals surface area contributed by atoms with Gasteiger partial charge in [0, 0.05) is 18.7 Å². The molecule has 19 heavy (non-hydrogen) atoms. The lowest BCUT2D eigenvalue weighted by Gasteiger charge is -2.21. The molecule has 3 amide bonds. The molecule has 0 fully saturated rings. The van der Waals surface area contributed by atoms with E-state index < -0.39 is 17.9 Å². The Labute approximate surface area is 110 Å². The average Bonchev–Trinajstić information content (AvgIpc) is 2.76. The van der Waals surface area contributed by atoms with Gasteiger partial charge >= 0.3 is 0 Å². The minimum Gasteiger partial charge on any atom is -0.350 e. The van der Waals surface area contributed by atoms with Crippen LogP contribution in [0.1, 0.15) is 12.5 Å². The summed E-state index contributed by atoms with van der Waals surface area (Å²) in [5.74, 6) is -1.26. The molecule has 5 heteroatoms. The molecule has 0 saturated heterocycles. The highest BCUT2D eigenvalue weighted by molar-refractivity contribution is 6.15. The van der Waals surface area contributed by atoms with Crippen molar-refractivity contribution >= 4 is 17.7 Å². The summed E-state index contributed by atoms with van der Waals surface area (Å²) in [6.45, 7) is 1.90. The van der Waals surface area contributed by atoms with Crippen LogP contribution in [0.2, 0.25) is 0 Å². The van der Waals surface area contributed by atoms with Crippen LogP contribution in [0.3, 0.4) is 0 Å². The molecule has 0 bridgehead atoms. The highest BCUT2D eigenvalue weighted by Gasteiger charge is 2.32. The lowest BCUT2D eigenvalue weighted by Crippen LogP contribution is -2.47. The van der Waals surface area contributed by atoms with E-state index in [1.54, 1.807) is 0 Å². The van der Waals surface area contributed by atoms with Crippen LogP contribution in [0.15, 0.2) is 42.5 Å². The normalized spacial score (nSPS) is 15.7. The fourth-order valence-electron chi connectivity index (χ4n) is 1.84. The van der Waals surface area contributed by atoms with Crippen molar-refractivity contribution in [2.45, 2.75) is 19.5 Å². The molecule has 1 aliphatic heterocycles. The summed E-state index contributed by atoms with van der Waals surface area (Å²) in [5.41, 5.74) is 0.959. The second kappa shape index (κ2) is 5.48. The summed E-state index contributed by atoms with van der Waals surface area (Å²) in [6.07, 6.45) is 2.34. The van der Waals surface area contributed by atoms with Gasteiger partial charge in [0.25, 0.3) is 11.8 Å². The molecular weight excluding hydrogens is 244 g/mol. The van der Waals surface area contributed by atoms with Crippen LogP contribution in [-0.4, -0.2) is 28.7 Å². The van der Waals surface area contributed by atoms with E-state index in [4.69, 9.17) is 0 Å². The van der Waals surface area contributed by atoms with Gasteiger partial charge in [-0.15, -0.1) is 0 Å². The van der Waals surface area contributed by atoms with Crippen molar-refractivity contribution in [3.05, 3.63) is 48.0 Å². The van der Waals surface area contributed by atoms with Crippen LogP contribution < -0.4 is 5.32 Å². The van der Waals surface area contributed by atoms with Crippen LogP contribution in [0.25, 0.3) is 0 Å². The Morgan fingerprint density at radius 1 is 1.16 bits per heavy atom. The Morgan fingerprint density at radius 3 is 2.32 bits per heavy atom. The molecule has 0 spiro atoms. The quantitative estimate of drug-likeness (QED) is 0.805. The van der Waals surface area contributed by atoms with Crippen LogP contribution in [0.5, 0.6) is 0 Å². The molecule has 0 radical (unpaired) electrons. The van der Waals surface area contributed by atoms with E-state index in [-0.39, 0.29) is 5.91 Å². The molecule has 0 aromatic heterocycles. The van der Waals surface area contributed by atoms with Gasteiger partial charge in [-0.3, -0.25) is 19.3 Å². The molecule has 1 atom stereocenters. The summed E-state index contributed by atoms with van der Waals surface area (Å²) in [7, 11) is 0. The number of hydrogen-bond acceptors (Lipinski definition) is 3. The number of imide groups is 1. The zero-order valence-corrected chi connectivity index (χ0v) is 10.5. The van der Waals surface area contributed by atoms with Gasteiger partial charge < -0.3 is 5.32 Å². The third kappa shape index (κ3) is 2.88. The molecule has 98 valence electrons. The second-order valence-electron chi connectivity index (χ2n) is 4.26. The minimum atomic E-state index is -0.807. The van der Waals surface area contributed by atoms with Gasteiger partial charge in [0.15, 0.2) is 0 Å². The van der Waals surface area contributed by atoms with Crippen LogP contribution in [0, 0.1) is 0 Å². The van der Waals surface area contributed by atoms with Crippen LogP contribution >= 0.6 is 0 Å². The summed E-state index contributed by atoms with van der Waals surface area (Å²) in [6, 6.07) is 8.61. The summed E-state index contributed by atoms with van der Waals surface area (Å²) >= 11 is 0. The van der Waals surface area contributed by atoms with Crippen LogP contribution in [0.4, 0.5) is 0 Å². The van der Waals surface area contributed by atoms with E-state index in [2.05, 4.69) is 5.32 Å². The number of nitrogens with one attached hydrogen (secondary N) is 1. The maximum absolute atomic E-state index is 11.9. The SMILES string of the molecule is C[C@H](C(=O)NCc1ccccc1)N1C(=O)C=CC1=O.